The van der Waals surface area contributed by atoms with Crippen LogP contribution >= 0.6 is 22.6 Å². The number of nitrogens with two attached hydrogens (primary N) is 1. The zero-order chi connectivity index (χ0) is 14.7. The van der Waals surface area contributed by atoms with Crippen molar-refractivity contribution in [3.63, 3.8) is 0 Å². The smallest absolute Gasteiger partial charge is 0.328 e. The lowest BCUT2D eigenvalue weighted by Crippen LogP contribution is -2.15. The molecule has 0 spiro atoms. The maximum absolute atomic E-state index is 11.8. The van der Waals surface area contributed by atoms with E-state index in [1.165, 1.54) is 0 Å². The molecule has 0 aliphatic carbocycles. The van der Waals surface area contributed by atoms with Gasteiger partial charge in [0.05, 0.1) is 17.1 Å². The molecule has 2 aromatic rings. The molecule has 0 amide bonds. The van der Waals surface area contributed by atoms with Gasteiger partial charge in [0.15, 0.2) is 0 Å². The molecule has 0 fully saturated rings. The number of ether oxygens (including phenoxy) is 1. The Balaban J connectivity index is 1.92. The summed E-state index contributed by atoms with van der Waals surface area (Å²) in [6.45, 7) is 4.00. The van der Waals surface area contributed by atoms with Crippen molar-refractivity contribution in [2.45, 2.75) is 27.0 Å². The van der Waals surface area contributed by atoms with Crippen molar-refractivity contribution in [2.75, 3.05) is 5.73 Å². The molecule has 0 aliphatic rings. The standard InChI is InChI=1S/C14H16IN3O2/c1-9-14(16)10(2)18(17-9)7-13(19)20-8-11-3-5-12(15)6-4-11/h3-6H,7-8,16H2,1-2H3. The molecule has 6 heteroatoms. The Morgan fingerprint density at radius 3 is 2.55 bits per heavy atom. The zero-order valence-electron chi connectivity index (χ0n) is 11.4. The number of esters is 1. The lowest BCUT2D eigenvalue weighted by atomic mass is 10.2. The van der Waals surface area contributed by atoms with Crippen LogP contribution in [-0.4, -0.2) is 15.7 Å². The maximum Gasteiger partial charge on any atom is 0.328 e. The van der Waals surface area contributed by atoms with Gasteiger partial charge < -0.3 is 10.5 Å². The van der Waals surface area contributed by atoms with Crippen molar-refractivity contribution in [1.29, 1.82) is 0 Å². The molecule has 20 heavy (non-hydrogen) atoms. The fourth-order valence-electron chi connectivity index (χ4n) is 1.78. The van der Waals surface area contributed by atoms with E-state index in [4.69, 9.17) is 10.5 Å². The van der Waals surface area contributed by atoms with Gasteiger partial charge in [-0.2, -0.15) is 5.10 Å². The Labute approximate surface area is 131 Å². The van der Waals surface area contributed by atoms with Crippen LogP contribution in [0.2, 0.25) is 0 Å². The SMILES string of the molecule is Cc1nn(CC(=O)OCc2ccc(I)cc2)c(C)c1N. The largest absolute Gasteiger partial charge is 0.459 e. The van der Waals surface area contributed by atoms with Gasteiger partial charge in [0.25, 0.3) is 0 Å². The highest BCUT2D eigenvalue weighted by molar-refractivity contribution is 14.1. The predicted molar refractivity (Wildman–Crippen MR) is 85.1 cm³/mol. The Morgan fingerprint density at radius 1 is 1.35 bits per heavy atom. The minimum absolute atomic E-state index is 0.0776. The van der Waals surface area contributed by atoms with Crippen LogP contribution in [0, 0.1) is 17.4 Å². The number of aromatic nitrogens is 2. The normalized spacial score (nSPS) is 10.6. The highest BCUT2D eigenvalue weighted by atomic mass is 127. The number of carbonyl (C=O) groups excluding carboxylic acids is 1. The second kappa shape index (κ2) is 6.25. The molecule has 0 unspecified atom stereocenters. The first-order valence-corrected chi connectivity index (χ1v) is 7.25. The van der Waals surface area contributed by atoms with Crippen LogP contribution in [0.25, 0.3) is 0 Å². The molecule has 0 saturated heterocycles. The summed E-state index contributed by atoms with van der Waals surface area (Å²) in [6.07, 6.45) is 0. The topological polar surface area (TPSA) is 70.1 Å². The molecule has 1 heterocycles. The summed E-state index contributed by atoms with van der Waals surface area (Å²) in [5.74, 6) is -0.325. The van der Waals surface area contributed by atoms with Gasteiger partial charge in [0.1, 0.15) is 13.2 Å². The summed E-state index contributed by atoms with van der Waals surface area (Å²) in [7, 11) is 0. The van der Waals surface area contributed by atoms with Gasteiger partial charge in [-0.25, -0.2) is 0 Å². The Bertz CT molecular complexity index is 620. The van der Waals surface area contributed by atoms with Crippen molar-refractivity contribution >= 4 is 34.2 Å². The van der Waals surface area contributed by atoms with Gasteiger partial charge >= 0.3 is 5.97 Å². The summed E-state index contributed by atoms with van der Waals surface area (Å²) in [5, 5.41) is 4.21. The van der Waals surface area contributed by atoms with Crippen LogP contribution in [0.4, 0.5) is 5.69 Å². The van der Waals surface area contributed by atoms with Crippen LogP contribution in [-0.2, 0) is 22.7 Å². The summed E-state index contributed by atoms with van der Waals surface area (Å²) in [5.41, 5.74) is 8.92. The minimum Gasteiger partial charge on any atom is -0.459 e. The van der Waals surface area contributed by atoms with Crippen molar-refractivity contribution in [2.24, 2.45) is 0 Å². The number of halogens is 1. The molecule has 0 bridgehead atoms. The Kier molecular flexibility index (Phi) is 4.64. The van der Waals surface area contributed by atoms with Gasteiger partial charge in [-0.3, -0.25) is 9.48 Å². The van der Waals surface area contributed by atoms with E-state index in [0.29, 0.717) is 5.69 Å². The van der Waals surface area contributed by atoms with E-state index in [9.17, 15) is 4.79 Å². The molecule has 2 N–H and O–H groups in total. The molecule has 0 aliphatic heterocycles. The molecule has 2 rings (SSSR count). The third-order valence-electron chi connectivity index (χ3n) is 3.03. The van der Waals surface area contributed by atoms with Crippen molar-refractivity contribution in [3.8, 4) is 0 Å². The highest BCUT2D eigenvalue weighted by Gasteiger charge is 2.12. The third kappa shape index (κ3) is 3.50. The van der Waals surface area contributed by atoms with Crippen LogP contribution in [0.15, 0.2) is 24.3 Å². The van der Waals surface area contributed by atoms with Gasteiger partial charge in [0, 0.05) is 3.57 Å². The highest BCUT2D eigenvalue weighted by Crippen LogP contribution is 2.14. The fraction of sp³-hybridized carbons (Fsp3) is 0.286. The first-order valence-electron chi connectivity index (χ1n) is 6.17. The predicted octanol–water partition coefficient (Wildman–Crippen LogP) is 2.43. The van der Waals surface area contributed by atoms with Gasteiger partial charge in [-0.1, -0.05) is 12.1 Å². The second-order valence-electron chi connectivity index (χ2n) is 4.53. The number of aryl methyl sites for hydroxylation is 1. The number of nitrogen functional groups attached to an aromatic ring is 1. The molecule has 5 nitrogen and oxygen atoms in total. The second-order valence-corrected chi connectivity index (χ2v) is 5.77. The number of rotatable bonds is 4. The monoisotopic (exact) mass is 385 g/mol. The molecule has 0 saturated carbocycles. The third-order valence-corrected chi connectivity index (χ3v) is 3.75. The van der Waals surface area contributed by atoms with E-state index in [1.54, 1.807) is 4.68 Å². The summed E-state index contributed by atoms with van der Waals surface area (Å²) < 4.78 is 7.95. The minimum atomic E-state index is -0.325. The maximum atomic E-state index is 11.8. The molecular formula is C14H16IN3O2. The zero-order valence-corrected chi connectivity index (χ0v) is 13.5. The molecule has 106 valence electrons. The number of benzene rings is 1. The molecule has 1 aromatic carbocycles. The average Bonchev–Trinajstić information content (AvgIpc) is 2.66. The van der Waals surface area contributed by atoms with Gasteiger partial charge in [-0.15, -0.1) is 0 Å². The van der Waals surface area contributed by atoms with E-state index in [-0.39, 0.29) is 19.1 Å². The summed E-state index contributed by atoms with van der Waals surface area (Å²) in [6, 6.07) is 7.84. The molecule has 1 aromatic heterocycles. The van der Waals surface area contributed by atoms with Crippen molar-refractivity contribution in [3.05, 3.63) is 44.8 Å². The van der Waals surface area contributed by atoms with E-state index in [1.807, 2.05) is 38.1 Å². The number of nitrogens with zero attached hydrogens (tertiary/aromatic N) is 2. The van der Waals surface area contributed by atoms with E-state index in [2.05, 4.69) is 27.7 Å². The van der Waals surface area contributed by atoms with Crippen molar-refractivity contribution in [1.82, 2.24) is 9.78 Å². The van der Waals surface area contributed by atoms with E-state index >= 15 is 0 Å². The lowest BCUT2D eigenvalue weighted by molar-refractivity contribution is -0.145. The molecular weight excluding hydrogens is 369 g/mol. The summed E-state index contributed by atoms with van der Waals surface area (Å²) in [4.78, 5) is 11.8. The average molecular weight is 385 g/mol. The van der Waals surface area contributed by atoms with Crippen LogP contribution in [0.5, 0.6) is 0 Å². The van der Waals surface area contributed by atoms with Crippen LogP contribution in [0.1, 0.15) is 17.0 Å². The number of carbonyl (C=O) groups is 1. The van der Waals surface area contributed by atoms with Crippen LogP contribution < -0.4 is 5.73 Å². The molecule has 0 atom stereocenters. The van der Waals surface area contributed by atoms with Gasteiger partial charge in [0.2, 0.25) is 0 Å². The van der Waals surface area contributed by atoms with Crippen molar-refractivity contribution < 1.29 is 9.53 Å². The Hall–Kier alpha value is -1.57. The quantitative estimate of drug-likeness (QED) is 0.649. The number of hydrogen-bond acceptors (Lipinski definition) is 4. The first-order chi connectivity index (χ1) is 9.47. The Morgan fingerprint density at radius 2 is 2.00 bits per heavy atom. The van der Waals surface area contributed by atoms with E-state index < -0.39 is 0 Å². The summed E-state index contributed by atoms with van der Waals surface area (Å²) >= 11 is 2.23. The molecule has 0 radical (unpaired) electrons. The van der Waals surface area contributed by atoms with Crippen LogP contribution in [0.3, 0.4) is 0 Å². The fourth-order valence-corrected chi connectivity index (χ4v) is 2.14. The number of anilines is 1. The van der Waals surface area contributed by atoms with E-state index in [0.717, 1.165) is 20.5 Å². The lowest BCUT2D eigenvalue weighted by Gasteiger charge is -2.06. The number of hydrogen-bond donors (Lipinski definition) is 1. The first kappa shape index (κ1) is 14.8. The van der Waals surface area contributed by atoms with Gasteiger partial charge in [-0.05, 0) is 54.1 Å².